The first-order valence-corrected chi connectivity index (χ1v) is 16.5. The van der Waals surface area contributed by atoms with Gasteiger partial charge in [-0.25, -0.2) is 4.79 Å². The Bertz CT molecular complexity index is 1150. The molecule has 0 bridgehead atoms. The van der Waals surface area contributed by atoms with Crippen molar-refractivity contribution in [3.63, 3.8) is 0 Å². The molecule has 2 aromatic carbocycles. The van der Waals surface area contributed by atoms with Crippen molar-refractivity contribution in [2.75, 3.05) is 26.6 Å². The van der Waals surface area contributed by atoms with Crippen LogP contribution < -0.4 is 15.4 Å². The van der Waals surface area contributed by atoms with Gasteiger partial charge in [0.1, 0.15) is 11.8 Å². The molecule has 1 fully saturated rings. The Labute approximate surface area is 274 Å². The Morgan fingerprint density at radius 1 is 0.913 bits per heavy atom. The molecule has 12 heteroatoms. The van der Waals surface area contributed by atoms with Crippen molar-refractivity contribution in [2.45, 2.75) is 97.3 Å². The summed E-state index contributed by atoms with van der Waals surface area (Å²) in [6.07, 6.45) is 10.2. The lowest BCUT2D eigenvalue weighted by Gasteiger charge is -2.24. The first kappa shape index (κ1) is 38.6. The predicted octanol–water partition coefficient (Wildman–Crippen LogP) is 4.34. The molecule has 254 valence electrons. The number of unbranched alkanes of at least 4 members (excludes halogenated alkanes) is 6. The molecule has 0 saturated carbocycles. The molecule has 0 aromatic heterocycles. The fraction of sp³-hybridized carbons (Fsp3) is 0.559. The van der Waals surface area contributed by atoms with E-state index >= 15 is 0 Å². The second-order valence-corrected chi connectivity index (χ2v) is 11.6. The molecule has 1 atom stereocenters. The Kier molecular flexibility index (Phi) is 18.5. The molecule has 0 radical (unpaired) electrons. The molecule has 3 amide bonds. The second-order valence-electron chi connectivity index (χ2n) is 11.6. The number of rotatable bonds is 14. The molecule has 1 unspecified atom stereocenters. The zero-order chi connectivity index (χ0) is 33.7. The monoisotopic (exact) mass is 640 g/mol. The normalized spacial score (nSPS) is 14.8. The predicted molar refractivity (Wildman–Crippen MR) is 180 cm³/mol. The van der Waals surface area contributed by atoms with E-state index in [1.807, 2.05) is 48.5 Å². The third-order valence-electron chi connectivity index (χ3n) is 7.92. The van der Waals surface area contributed by atoms with Gasteiger partial charge in [-0.2, -0.15) is 0 Å². The van der Waals surface area contributed by atoms with Crippen LogP contribution in [-0.2, 0) is 29.2 Å². The van der Waals surface area contributed by atoms with Crippen LogP contribution in [0.5, 0.6) is 5.75 Å². The molecule has 46 heavy (non-hydrogen) atoms. The van der Waals surface area contributed by atoms with Gasteiger partial charge in [-0.05, 0) is 41.7 Å². The van der Waals surface area contributed by atoms with Gasteiger partial charge in [0.25, 0.3) is 0 Å². The number of nitrogens with one attached hydrogen (secondary N) is 2. The maximum Gasteiger partial charge on any atom is 0.472 e. The maximum atomic E-state index is 12.4. The van der Waals surface area contributed by atoms with E-state index in [-0.39, 0.29) is 24.8 Å². The number of amides is 3. The van der Waals surface area contributed by atoms with E-state index in [2.05, 4.69) is 24.5 Å². The number of benzene rings is 2. The Hall–Kier alpha value is -3.61. The highest BCUT2D eigenvalue weighted by Gasteiger charge is 2.34. The summed E-state index contributed by atoms with van der Waals surface area (Å²) in [5.74, 6) is 0.281. The fourth-order valence-electron chi connectivity index (χ4n) is 5.30. The van der Waals surface area contributed by atoms with Crippen LogP contribution in [0.15, 0.2) is 48.5 Å². The molecule has 0 spiro atoms. The number of methoxy groups -OCH3 is 1. The number of fused-ring (bicyclic) bond motifs is 1. The van der Waals surface area contributed by atoms with Crippen molar-refractivity contribution in [3.8, 4) is 5.75 Å². The summed E-state index contributed by atoms with van der Waals surface area (Å²) in [6, 6.07) is 14.8. The summed E-state index contributed by atoms with van der Waals surface area (Å²) in [4.78, 5) is 38.0. The topological polar surface area (TPSA) is 152 Å². The van der Waals surface area contributed by atoms with Crippen molar-refractivity contribution >= 4 is 25.0 Å². The number of carbonyl (C=O) groups is 3. The first-order valence-electron chi connectivity index (χ1n) is 16.5. The largest absolute Gasteiger partial charge is 0.497 e. The third kappa shape index (κ3) is 14.2. The van der Waals surface area contributed by atoms with Crippen molar-refractivity contribution in [3.05, 3.63) is 65.2 Å². The van der Waals surface area contributed by atoms with Gasteiger partial charge < -0.3 is 35.4 Å². The average molecular weight is 641 g/mol. The van der Waals surface area contributed by atoms with Gasteiger partial charge in [0.05, 0.1) is 20.1 Å². The summed E-state index contributed by atoms with van der Waals surface area (Å²) >= 11 is 0. The van der Waals surface area contributed by atoms with Crippen molar-refractivity contribution in [1.29, 1.82) is 0 Å². The number of carbonyl (C=O) groups excluding carboxylic acids is 2. The van der Waals surface area contributed by atoms with Gasteiger partial charge in [0.15, 0.2) is 0 Å². The van der Waals surface area contributed by atoms with Crippen LogP contribution in [0.1, 0.15) is 88.3 Å². The summed E-state index contributed by atoms with van der Waals surface area (Å²) in [5, 5.41) is 31.9. The van der Waals surface area contributed by atoms with Crippen molar-refractivity contribution in [1.82, 2.24) is 20.4 Å². The van der Waals surface area contributed by atoms with Crippen LogP contribution >= 0.6 is 0 Å². The van der Waals surface area contributed by atoms with Crippen molar-refractivity contribution in [2.24, 2.45) is 0 Å². The van der Waals surface area contributed by atoms with Gasteiger partial charge in [0, 0.05) is 26.2 Å². The van der Waals surface area contributed by atoms with Crippen LogP contribution in [0.25, 0.3) is 0 Å². The summed E-state index contributed by atoms with van der Waals surface area (Å²) < 4.78 is 5.10. The minimum atomic E-state index is -1.60. The molecule has 11 nitrogen and oxygen atoms in total. The number of ether oxygens (including phenoxy) is 1. The molecular weight excluding hydrogens is 587 g/mol. The third-order valence-corrected chi connectivity index (χ3v) is 7.92. The lowest BCUT2D eigenvalue weighted by atomic mass is 9.92. The van der Waals surface area contributed by atoms with Gasteiger partial charge in [-0.1, -0.05) is 95.2 Å². The van der Waals surface area contributed by atoms with E-state index in [1.165, 1.54) is 49.8 Å². The van der Waals surface area contributed by atoms with Crippen LogP contribution in [0.4, 0.5) is 4.79 Å². The Balaban J connectivity index is 0.000000288. The molecule has 2 aliphatic heterocycles. The maximum absolute atomic E-state index is 12.4. The van der Waals surface area contributed by atoms with Gasteiger partial charge in [0.2, 0.25) is 11.8 Å². The van der Waals surface area contributed by atoms with E-state index in [1.54, 1.807) is 12.0 Å². The van der Waals surface area contributed by atoms with Crippen molar-refractivity contribution < 1.29 is 34.3 Å². The number of carboxylic acid groups (broad SMARTS) is 1. The van der Waals surface area contributed by atoms with E-state index in [0.717, 1.165) is 28.9 Å². The van der Waals surface area contributed by atoms with Gasteiger partial charge in [-0.3, -0.25) is 14.5 Å². The van der Waals surface area contributed by atoms with E-state index in [4.69, 9.17) is 19.9 Å². The molecule has 0 aliphatic carbocycles. The van der Waals surface area contributed by atoms with Crippen LogP contribution in [0.2, 0.25) is 0 Å². The van der Waals surface area contributed by atoms with E-state index in [9.17, 15) is 14.4 Å². The number of hydrogen-bond donors (Lipinski definition) is 5. The Morgan fingerprint density at radius 2 is 1.50 bits per heavy atom. The summed E-state index contributed by atoms with van der Waals surface area (Å²) in [6.45, 7) is 6.80. The molecular formula is C34H53BN4O7. The quantitative estimate of drug-likeness (QED) is 0.151. The highest BCUT2D eigenvalue weighted by molar-refractivity contribution is 6.41. The molecule has 1 saturated heterocycles. The minimum Gasteiger partial charge on any atom is -0.497 e. The van der Waals surface area contributed by atoms with E-state index < -0.39 is 19.3 Å². The smallest absolute Gasteiger partial charge is 0.472 e. The second kappa shape index (κ2) is 22.0. The van der Waals surface area contributed by atoms with E-state index in [0.29, 0.717) is 32.6 Å². The average Bonchev–Trinajstić information content (AvgIpc) is 3.73. The van der Waals surface area contributed by atoms with Crippen LogP contribution in [0, 0.1) is 0 Å². The Morgan fingerprint density at radius 3 is 2.02 bits per heavy atom. The minimum absolute atomic E-state index is 0.137. The zero-order valence-electron chi connectivity index (χ0n) is 27.7. The lowest BCUT2D eigenvalue weighted by molar-refractivity contribution is -0.137. The first-order chi connectivity index (χ1) is 22.2. The standard InChI is InChI=1S/C16H24BN3O5.C9H9NO2.C9H20/c1-25-13-6-4-12(5-7-13)9-18-10-15(21)20-8-2-3-14(20)16(22)19-11-17(23)24;11-9(12)10-5-7-3-1-2-4-8(7)6-10;1-3-5-7-9-8-6-4-2/h4-7,14,18,23-24H,2-3,8-11H2,1H3,(H,19,22);1-4H,5-6H2,(H,11,12);3-9H2,1-2H3. The SMILES string of the molecule is CCCCCCCCC.COc1ccc(CNCC(=O)N2CCCC2C(=O)NCB(O)O)cc1.O=C(O)N1Cc2ccccc2C1. The molecule has 5 N–H and O–H groups in total. The lowest BCUT2D eigenvalue weighted by Crippen LogP contribution is -2.50. The van der Waals surface area contributed by atoms with Crippen LogP contribution in [0.3, 0.4) is 0 Å². The highest BCUT2D eigenvalue weighted by Crippen LogP contribution is 2.22. The number of likely N-dealkylation sites (tertiary alicyclic amines) is 1. The summed E-state index contributed by atoms with van der Waals surface area (Å²) in [5.41, 5.74) is 3.28. The van der Waals surface area contributed by atoms with Gasteiger partial charge in [-0.15, -0.1) is 0 Å². The molecule has 2 aromatic rings. The zero-order valence-corrected chi connectivity index (χ0v) is 27.7. The number of hydrogen-bond acceptors (Lipinski definition) is 7. The molecule has 2 aliphatic rings. The molecule has 4 rings (SSSR count). The molecule has 2 heterocycles. The van der Waals surface area contributed by atoms with Crippen LogP contribution in [-0.4, -0.2) is 82.7 Å². The number of nitrogens with zero attached hydrogens (tertiary/aromatic N) is 2. The highest BCUT2D eigenvalue weighted by atomic mass is 16.5. The fourth-order valence-corrected chi connectivity index (χ4v) is 5.30. The van der Waals surface area contributed by atoms with Gasteiger partial charge >= 0.3 is 13.2 Å². The summed E-state index contributed by atoms with van der Waals surface area (Å²) in [7, 11) is 0.0103.